The van der Waals surface area contributed by atoms with Crippen LogP contribution in [0.4, 0.5) is 11.4 Å². The fourth-order valence-electron chi connectivity index (χ4n) is 7.82. The molecule has 3 fully saturated rings. The van der Waals surface area contributed by atoms with Gasteiger partial charge in [-0.1, -0.05) is 97.1 Å². The van der Waals surface area contributed by atoms with Crippen LogP contribution in [0.2, 0.25) is 0 Å². The minimum atomic E-state index is -0.806. The molecule has 2 aliphatic heterocycles. The highest BCUT2D eigenvalue weighted by Gasteiger charge is 2.68. The standard InChI is InChI=1S/C38H26N2O6/c41-33(21-9-3-1-4-10-21)23-13-7-15-25(19-23)39-35(43)29-27-17-18-28(30(29)36(39)44)32-31(27)37(45)40(38(32)46)26-16-8-14-24(20-26)34(42)22-11-5-2-6-12-22/h1-20,27-32H/t27?,28?,29-,30+,31+,32-. The quantitative estimate of drug-likeness (QED) is 0.176. The predicted octanol–water partition coefficient (Wildman–Crippen LogP) is 4.88. The first-order valence-corrected chi connectivity index (χ1v) is 15.2. The maximum atomic E-state index is 14.0. The highest BCUT2D eigenvalue weighted by Crippen LogP contribution is 2.58. The highest BCUT2D eigenvalue weighted by molar-refractivity contribution is 6.27. The number of rotatable bonds is 6. The van der Waals surface area contributed by atoms with Crippen molar-refractivity contribution in [3.05, 3.63) is 144 Å². The normalized spacial score (nSPS) is 26.0. The van der Waals surface area contributed by atoms with Crippen molar-refractivity contribution < 1.29 is 28.8 Å². The van der Waals surface area contributed by atoms with Gasteiger partial charge in [0.2, 0.25) is 23.6 Å². The molecule has 4 aromatic rings. The summed E-state index contributed by atoms with van der Waals surface area (Å²) < 4.78 is 0. The largest absolute Gasteiger partial charge is 0.289 e. The maximum absolute atomic E-state index is 14.0. The Morgan fingerprint density at radius 1 is 0.413 bits per heavy atom. The highest BCUT2D eigenvalue weighted by atomic mass is 16.2. The van der Waals surface area contributed by atoms with Gasteiger partial charge in [0, 0.05) is 34.1 Å². The zero-order valence-electron chi connectivity index (χ0n) is 24.4. The molecule has 4 amide bonds. The lowest BCUT2D eigenvalue weighted by Crippen LogP contribution is -2.50. The molecule has 46 heavy (non-hydrogen) atoms. The van der Waals surface area contributed by atoms with Gasteiger partial charge >= 0.3 is 0 Å². The molecule has 0 spiro atoms. The lowest BCUT2D eigenvalue weighted by molar-refractivity contribution is -0.137. The molecule has 3 aliphatic carbocycles. The van der Waals surface area contributed by atoms with Gasteiger partial charge in [-0.3, -0.25) is 28.8 Å². The summed E-state index contributed by atoms with van der Waals surface area (Å²) in [5, 5.41) is 0. The molecule has 2 heterocycles. The molecule has 5 aliphatic rings. The Balaban J connectivity index is 1.10. The molecule has 9 rings (SSSR count). The average Bonchev–Trinajstić information content (AvgIpc) is 3.55. The van der Waals surface area contributed by atoms with Crippen molar-refractivity contribution in [2.45, 2.75) is 0 Å². The minimum Gasteiger partial charge on any atom is -0.289 e. The van der Waals surface area contributed by atoms with E-state index in [4.69, 9.17) is 0 Å². The summed E-state index contributed by atoms with van der Waals surface area (Å²) in [6.45, 7) is 0. The van der Waals surface area contributed by atoms with Crippen LogP contribution in [0.3, 0.4) is 0 Å². The summed E-state index contributed by atoms with van der Waals surface area (Å²) in [6.07, 6.45) is 3.61. The van der Waals surface area contributed by atoms with Crippen molar-refractivity contribution in [2.24, 2.45) is 35.5 Å². The molecule has 2 unspecified atom stereocenters. The number of carbonyl (C=O) groups excluding carboxylic acids is 6. The van der Waals surface area contributed by atoms with Gasteiger partial charge in [-0.15, -0.1) is 0 Å². The Bertz CT molecular complexity index is 1830. The first kappa shape index (κ1) is 27.8. The smallest absolute Gasteiger partial charge is 0.238 e. The third-order valence-corrected chi connectivity index (χ3v) is 9.82. The summed E-state index contributed by atoms with van der Waals surface area (Å²) >= 11 is 0. The van der Waals surface area contributed by atoms with Gasteiger partial charge in [0.05, 0.1) is 35.0 Å². The minimum absolute atomic E-state index is 0.235. The summed E-state index contributed by atoms with van der Waals surface area (Å²) in [5.41, 5.74) is 2.22. The molecule has 2 saturated heterocycles. The number of imide groups is 2. The van der Waals surface area contributed by atoms with E-state index in [1.807, 2.05) is 12.1 Å². The third-order valence-electron chi connectivity index (χ3n) is 9.82. The average molecular weight is 607 g/mol. The number of hydrogen-bond acceptors (Lipinski definition) is 6. The van der Waals surface area contributed by atoms with E-state index in [2.05, 4.69) is 0 Å². The van der Waals surface area contributed by atoms with Gasteiger partial charge in [0.15, 0.2) is 11.6 Å². The van der Waals surface area contributed by atoms with Crippen molar-refractivity contribution in [2.75, 3.05) is 9.80 Å². The molecule has 1 saturated carbocycles. The van der Waals surface area contributed by atoms with Crippen LogP contribution in [0.25, 0.3) is 0 Å². The zero-order chi connectivity index (χ0) is 31.7. The van der Waals surface area contributed by atoms with Crippen molar-refractivity contribution in [3.63, 3.8) is 0 Å². The maximum Gasteiger partial charge on any atom is 0.238 e. The Morgan fingerprint density at radius 2 is 0.739 bits per heavy atom. The number of allylic oxidation sites excluding steroid dienone is 2. The number of amides is 4. The van der Waals surface area contributed by atoms with E-state index in [0.717, 1.165) is 9.80 Å². The van der Waals surface area contributed by atoms with E-state index in [1.165, 1.54) is 0 Å². The zero-order valence-corrected chi connectivity index (χ0v) is 24.4. The summed E-state index contributed by atoms with van der Waals surface area (Å²) in [7, 11) is 0. The fraction of sp³-hybridized carbons (Fsp3) is 0.158. The molecular weight excluding hydrogens is 580 g/mol. The Labute approximate surface area is 263 Å². The van der Waals surface area contributed by atoms with Gasteiger partial charge in [-0.05, 0) is 24.3 Å². The predicted molar refractivity (Wildman–Crippen MR) is 168 cm³/mol. The first-order valence-electron chi connectivity index (χ1n) is 15.2. The van der Waals surface area contributed by atoms with E-state index >= 15 is 0 Å². The fourth-order valence-corrected chi connectivity index (χ4v) is 7.82. The van der Waals surface area contributed by atoms with Crippen LogP contribution >= 0.6 is 0 Å². The van der Waals surface area contributed by atoms with Gasteiger partial charge in [-0.25, -0.2) is 9.80 Å². The molecule has 6 atom stereocenters. The SMILES string of the molecule is O=C(c1ccccc1)c1cccc(N2C(=O)[C@@H]3C4C=CC([C@H]5C(=O)N(c6cccc(C(=O)c7ccccc7)c6)C(=O)[C@@H]45)[C@@H]3C2=O)c1. The van der Waals surface area contributed by atoms with E-state index in [-0.39, 0.29) is 22.9 Å². The van der Waals surface area contributed by atoms with Crippen LogP contribution in [0.5, 0.6) is 0 Å². The molecule has 2 bridgehead atoms. The number of nitrogens with zero attached hydrogens (tertiary/aromatic N) is 2. The van der Waals surface area contributed by atoms with Gasteiger partial charge in [0.1, 0.15) is 0 Å². The topological polar surface area (TPSA) is 109 Å². The number of ketones is 2. The second-order valence-electron chi connectivity index (χ2n) is 12.2. The monoisotopic (exact) mass is 606 g/mol. The van der Waals surface area contributed by atoms with Crippen LogP contribution in [0.15, 0.2) is 121 Å². The number of anilines is 2. The number of benzene rings is 4. The van der Waals surface area contributed by atoms with Gasteiger partial charge in [-0.2, -0.15) is 0 Å². The molecule has 8 nitrogen and oxygen atoms in total. The molecule has 0 aromatic heterocycles. The lowest BCUT2D eigenvalue weighted by Gasteiger charge is -2.44. The van der Waals surface area contributed by atoms with Crippen molar-refractivity contribution in [1.82, 2.24) is 0 Å². The summed E-state index contributed by atoms with van der Waals surface area (Å²) in [5.74, 6) is -6.74. The lowest BCUT2D eigenvalue weighted by atomic mass is 9.54. The van der Waals surface area contributed by atoms with E-state index in [0.29, 0.717) is 22.3 Å². The van der Waals surface area contributed by atoms with Crippen LogP contribution in [0, 0.1) is 35.5 Å². The van der Waals surface area contributed by atoms with Gasteiger partial charge in [0.25, 0.3) is 0 Å². The number of hydrogen-bond donors (Lipinski definition) is 0. The summed E-state index contributed by atoms with van der Waals surface area (Å²) in [4.78, 5) is 84.6. The van der Waals surface area contributed by atoms with Crippen LogP contribution in [-0.4, -0.2) is 35.2 Å². The van der Waals surface area contributed by atoms with E-state index in [9.17, 15) is 28.8 Å². The second kappa shape index (κ2) is 10.4. The second-order valence-corrected chi connectivity index (χ2v) is 12.2. The molecule has 8 heteroatoms. The van der Waals surface area contributed by atoms with Crippen LogP contribution < -0.4 is 9.80 Å². The molecule has 4 aromatic carbocycles. The Hall–Kier alpha value is -5.76. The van der Waals surface area contributed by atoms with Crippen molar-refractivity contribution in [1.29, 1.82) is 0 Å². The van der Waals surface area contributed by atoms with Crippen LogP contribution in [0.1, 0.15) is 31.8 Å². The molecule has 224 valence electrons. The van der Waals surface area contributed by atoms with E-state index in [1.54, 1.807) is 109 Å². The van der Waals surface area contributed by atoms with Crippen molar-refractivity contribution in [3.8, 4) is 0 Å². The molecule has 0 N–H and O–H groups in total. The molecular formula is C38H26N2O6. The summed E-state index contributed by atoms with van der Waals surface area (Å²) in [6, 6.07) is 30.4. The third kappa shape index (κ3) is 3.99. The van der Waals surface area contributed by atoms with Crippen molar-refractivity contribution >= 4 is 46.6 Å². The number of carbonyl (C=O) groups is 6. The van der Waals surface area contributed by atoms with E-state index < -0.39 is 59.1 Å². The Morgan fingerprint density at radius 3 is 1.09 bits per heavy atom. The molecule has 0 radical (unpaired) electrons. The van der Waals surface area contributed by atoms with Crippen LogP contribution in [-0.2, 0) is 19.2 Å². The Kier molecular flexibility index (Phi) is 6.28. The van der Waals surface area contributed by atoms with Gasteiger partial charge < -0.3 is 0 Å². The first-order chi connectivity index (χ1) is 22.3.